The van der Waals surface area contributed by atoms with Crippen molar-refractivity contribution in [3.63, 3.8) is 0 Å². The second-order valence-electron chi connectivity index (χ2n) is 5.80. The number of phenolic OH excluding ortho intramolecular Hbond substituents is 1. The minimum Gasteiger partial charge on any atom is -0.505 e. The maximum absolute atomic E-state index is 13.3. The lowest BCUT2D eigenvalue weighted by Crippen LogP contribution is -2.37. The van der Waals surface area contributed by atoms with E-state index in [1.165, 1.54) is 12.1 Å². The van der Waals surface area contributed by atoms with Gasteiger partial charge in [-0.2, -0.15) is 0 Å². The number of ether oxygens (including phenoxy) is 2. The summed E-state index contributed by atoms with van der Waals surface area (Å²) in [5, 5.41) is 15.5. The van der Waals surface area contributed by atoms with Gasteiger partial charge in [0.25, 0.3) is 0 Å². The number of aliphatic imine (C=N–C) groups is 1. The molecule has 0 radical (unpaired) electrons. The number of hydrogen-bond acceptors (Lipinski definition) is 4. The standard InChI is InChI=1S/C17H26FN3O3/c1-19-17(21-10-13-3-4-16(22)15(18)9-13)20-6-2-7-23-11-14-5-8-24-12-14/h3-4,9,14,22H,2,5-8,10-12H2,1H3,(H2,19,20,21). The van der Waals surface area contributed by atoms with Gasteiger partial charge in [0.2, 0.25) is 0 Å². The molecule has 0 bridgehead atoms. The number of benzene rings is 1. The van der Waals surface area contributed by atoms with Gasteiger partial charge in [-0.1, -0.05) is 6.07 Å². The van der Waals surface area contributed by atoms with Crippen molar-refractivity contribution in [2.24, 2.45) is 10.9 Å². The molecule has 1 aliphatic heterocycles. The summed E-state index contributed by atoms with van der Waals surface area (Å²) in [5.41, 5.74) is 0.732. The molecule has 24 heavy (non-hydrogen) atoms. The molecule has 0 aliphatic carbocycles. The molecular formula is C17H26FN3O3. The molecule has 1 fully saturated rings. The normalized spacial score (nSPS) is 17.9. The van der Waals surface area contributed by atoms with Crippen LogP contribution in [0.25, 0.3) is 0 Å². The first kappa shape index (κ1) is 18.5. The topological polar surface area (TPSA) is 75.1 Å². The average molecular weight is 339 g/mol. The van der Waals surface area contributed by atoms with E-state index < -0.39 is 5.82 Å². The third-order valence-corrected chi connectivity index (χ3v) is 3.83. The zero-order chi connectivity index (χ0) is 17.2. The van der Waals surface area contributed by atoms with Gasteiger partial charge in [0.15, 0.2) is 17.5 Å². The smallest absolute Gasteiger partial charge is 0.191 e. The molecule has 0 spiro atoms. The van der Waals surface area contributed by atoms with Crippen LogP contribution in [0, 0.1) is 11.7 Å². The number of rotatable bonds is 8. The van der Waals surface area contributed by atoms with Crippen molar-refractivity contribution in [1.82, 2.24) is 10.6 Å². The number of phenols is 1. The van der Waals surface area contributed by atoms with Crippen LogP contribution in [-0.4, -0.2) is 51.1 Å². The molecular weight excluding hydrogens is 313 g/mol. The summed E-state index contributed by atoms with van der Waals surface area (Å²) in [4.78, 5) is 4.12. The molecule has 1 atom stereocenters. The van der Waals surface area contributed by atoms with Crippen molar-refractivity contribution in [2.45, 2.75) is 19.4 Å². The van der Waals surface area contributed by atoms with Gasteiger partial charge in [-0.3, -0.25) is 4.99 Å². The molecule has 1 heterocycles. The Kier molecular flexibility index (Phi) is 7.77. The highest BCUT2D eigenvalue weighted by atomic mass is 19.1. The van der Waals surface area contributed by atoms with Crippen LogP contribution in [0.2, 0.25) is 0 Å². The molecule has 0 aromatic heterocycles. The van der Waals surface area contributed by atoms with Crippen LogP contribution in [0.4, 0.5) is 4.39 Å². The first-order chi connectivity index (χ1) is 11.7. The van der Waals surface area contributed by atoms with Gasteiger partial charge in [0, 0.05) is 39.3 Å². The van der Waals surface area contributed by atoms with E-state index in [4.69, 9.17) is 9.47 Å². The maximum Gasteiger partial charge on any atom is 0.191 e. The Balaban J connectivity index is 1.57. The summed E-state index contributed by atoms with van der Waals surface area (Å²) in [6.07, 6.45) is 1.97. The van der Waals surface area contributed by atoms with Gasteiger partial charge < -0.3 is 25.2 Å². The average Bonchev–Trinajstić information content (AvgIpc) is 3.10. The van der Waals surface area contributed by atoms with Crippen molar-refractivity contribution in [3.05, 3.63) is 29.6 Å². The zero-order valence-corrected chi connectivity index (χ0v) is 14.1. The van der Waals surface area contributed by atoms with Gasteiger partial charge in [-0.05, 0) is 30.5 Å². The number of nitrogens with one attached hydrogen (secondary N) is 2. The fraction of sp³-hybridized carbons (Fsp3) is 0.588. The molecule has 3 N–H and O–H groups in total. The number of halogens is 1. The molecule has 2 rings (SSSR count). The first-order valence-corrected chi connectivity index (χ1v) is 8.26. The fourth-order valence-electron chi connectivity index (χ4n) is 2.41. The highest BCUT2D eigenvalue weighted by Crippen LogP contribution is 2.15. The Hall–Kier alpha value is -1.86. The van der Waals surface area contributed by atoms with E-state index in [2.05, 4.69) is 15.6 Å². The highest BCUT2D eigenvalue weighted by Gasteiger charge is 2.15. The molecule has 1 saturated heterocycles. The van der Waals surface area contributed by atoms with Crippen LogP contribution in [0.3, 0.4) is 0 Å². The van der Waals surface area contributed by atoms with Crippen molar-refractivity contribution in [1.29, 1.82) is 0 Å². The van der Waals surface area contributed by atoms with Crippen molar-refractivity contribution in [2.75, 3.05) is 40.0 Å². The SMILES string of the molecule is CN=C(NCCCOCC1CCOC1)NCc1ccc(O)c(F)c1. The Labute approximate surface area is 142 Å². The summed E-state index contributed by atoms with van der Waals surface area (Å²) in [6, 6.07) is 4.31. The minimum atomic E-state index is -0.623. The molecule has 1 aliphatic rings. The van der Waals surface area contributed by atoms with E-state index in [0.29, 0.717) is 25.0 Å². The van der Waals surface area contributed by atoms with E-state index in [1.54, 1.807) is 13.1 Å². The predicted octanol–water partition coefficient (Wildman–Crippen LogP) is 1.64. The van der Waals surface area contributed by atoms with E-state index in [1.807, 2.05) is 0 Å². The van der Waals surface area contributed by atoms with Crippen LogP contribution in [0.1, 0.15) is 18.4 Å². The first-order valence-electron chi connectivity index (χ1n) is 8.26. The molecule has 6 nitrogen and oxygen atoms in total. The quantitative estimate of drug-likeness (QED) is 0.381. The van der Waals surface area contributed by atoms with Crippen LogP contribution < -0.4 is 10.6 Å². The van der Waals surface area contributed by atoms with Crippen molar-refractivity contribution in [3.8, 4) is 5.75 Å². The fourth-order valence-corrected chi connectivity index (χ4v) is 2.41. The number of hydrogen-bond donors (Lipinski definition) is 3. The molecule has 0 amide bonds. The number of nitrogens with zero attached hydrogens (tertiary/aromatic N) is 1. The largest absolute Gasteiger partial charge is 0.505 e. The van der Waals surface area contributed by atoms with Crippen LogP contribution in [0.15, 0.2) is 23.2 Å². The van der Waals surface area contributed by atoms with Gasteiger partial charge >= 0.3 is 0 Å². The Morgan fingerprint density at radius 1 is 1.46 bits per heavy atom. The monoisotopic (exact) mass is 339 g/mol. The molecule has 1 aromatic carbocycles. The summed E-state index contributed by atoms with van der Waals surface area (Å²) < 4.78 is 24.2. The molecule has 134 valence electrons. The van der Waals surface area contributed by atoms with Gasteiger partial charge in [-0.25, -0.2) is 4.39 Å². The Bertz CT molecular complexity index is 534. The molecule has 1 unspecified atom stereocenters. The lowest BCUT2D eigenvalue weighted by molar-refractivity contribution is 0.0888. The summed E-state index contributed by atoms with van der Waals surface area (Å²) in [7, 11) is 1.68. The Morgan fingerprint density at radius 3 is 3.04 bits per heavy atom. The third-order valence-electron chi connectivity index (χ3n) is 3.83. The second kappa shape index (κ2) is 10.1. The van der Waals surface area contributed by atoms with Gasteiger partial charge in [0.1, 0.15) is 0 Å². The minimum absolute atomic E-state index is 0.342. The number of aromatic hydroxyl groups is 1. The summed E-state index contributed by atoms with van der Waals surface area (Å²) in [6.45, 7) is 4.29. The molecule has 7 heteroatoms. The summed E-state index contributed by atoms with van der Waals surface area (Å²) in [5.74, 6) is 0.221. The van der Waals surface area contributed by atoms with E-state index >= 15 is 0 Å². The van der Waals surface area contributed by atoms with E-state index in [9.17, 15) is 9.50 Å². The van der Waals surface area contributed by atoms with Crippen LogP contribution >= 0.6 is 0 Å². The van der Waals surface area contributed by atoms with Crippen molar-refractivity contribution >= 4 is 5.96 Å². The summed E-state index contributed by atoms with van der Waals surface area (Å²) >= 11 is 0. The van der Waals surface area contributed by atoms with E-state index in [-0.39, 0.29) is 5.75 Å². The van der Waals surface area contributed by atoms with Gasteiger partial charge in [0.05, 0.1) is 13.2 Å². The maximum atomic E-state index is 13.3. The van der Waals surface area contributed by atoms with Crippen LogP contribution in [0.5, 0.6) is 5.75 Å². The molecule has 1 aromatic rings. The molecule has 0 saturated carbocycles. The predicted molar refractivity (Wildman–Crippen MR) is 90.6 cm³/mol. The highest BCUT2D eigenvalue weighted by molar-refractivity contribution is 5.79. The third kappa shape index (κ3) is 6.33. The lowest BCUT2D eigenvalue weighted by Gasteiger charge is -2.13. The van der Waals surface area contributed by atoms with E-state index in [0.717, 1.165) is 44.8 Å². The second-order valence-corrected chi connectivity index (χ2v) is 5.80. The lowest BCUT2D eigenvalue weighted by atomic mass is 10.1. The van der Waals surface area contributed by atoms with Gasteiger partial charge in [-0.15, -0.1) is 0 Å². The Morgan fingerprint density at radius 2 is 2.33 bits per heavy atom. The van der Waals surface area contributed by atoms with Crippen LogP contribution in [-0.2, 0) is 16.0 Å². The number of guanidine groups is 1. The zero-order valence-electron chi connectivity index (χ0n) is 14.1. The van der Waals surface area contributed by atoms with Crippen molar-refractivity contribution < 1.29 is 19.0 Å².